The van der Waals surface area contributed by atoms with Crippen LogP contribution < -0.4 is 10.6 Å². The van der Waals surface area contributed by atoms with Gasteiger partial charge >= 0.3 is 0 Å². The zero-order chi connectivity index (χ0) is 12.9. The van der Waals surface area contributed by atoms with E-state index < -0.39 is 9.84 Å². The van der Waals surface area contributed by atoms with E-state index in [2.05, 4.69) is 4.84 Å². The third-order valence-corrected chi connectivity index (χ3v) is 4.19. The lowest BCUT2D eigenvalue weighted by atomic mass is 10.3. The highest BCUT2D eigenvalue weighted by Crippen LogP contribution is 2.28. The SMILES string of the molecule is COc1ccc(Cl)cc1S(=O)(=O)CCCON. The fourth-order valence-corrected chi connectivity index (χ4v) is 3.05. The molecule has 0 aliphatic rings. The highest BCUT2D eigenvalue weighted by Gasteiger charge is 2.19. The van der Waals surface area contributed by atoms with Gasteiger partial charge in [0.15, 0.2) is 9.84 Å². The molecule has 0 radical (unpaired) electrons. The number of methoxy groups -OCH3 is 1. The van der Waals surface area contributed by atoms with Crippen LogP contribution in [0.25, 0.3) is 0 Å². The molecule has 17 heavy (non-hydrogen) atoms. The number of hydrogen-bond acceptors (Lipinski definition) is 5. The highest BCUT2D eigenvalue weighted by atomic mass is 35.5. The molecule has 1 rings (SSSR count). The molecule has 0 atom stereocenters. The smallest absolute Gasteiger partial charge is 0.182 e. The van der Waals surface area contributed by atoms with E-state index in [1.165, 1.54) is 19.2 Å². The molecule has 2 N–H and O–H groups in total. The monoisotopic (exact) mass is 279 g/mol. The van der Waals surface area contributed by atoms with Crippen molar-refractivity contribution in [2.45, 2.75) is 11.3 Å². The standard InChI is InChI=1S/C10H14ClNO4S/c1-15-9-4-3-8(11)7-10(9)17(13,14)6-2-5-16-12/h3-4,7H,2,5-6,12H2,1H3. The number of ether oxygens (including phenoxy) is 1. The lowest BCUT2D eigenvalue weighted by molar-refractivity contribution is 0.139. The van der Waals surface area contributed by atoms with Crippen LogP contribution in [0, 0.1) is 0 Å². The third kappa shape index (κ3) is 3.85. The van der Waals surface area contributed by atoms with Crippen molar-refractivity contribution < 1.29 is 18.0 Å². The van der Waals surface area contributed by atoms with Crippen LogP contribution in [0.4, 0.5) is 0 Å². The van der Waals surface area contributed by atoms with E-state index in [-0.39, 0.29) is 23.0 Å². The summed E-state index contributed by atoms with van der Waals surface area (Å²) >= 11 is 5.78. The Balaban J connectivity index is 3.00. The van der Waals surface area contributed by atoms with Crippen molar-refractivity contribution in [1.82, 2.24) is 0 Å². The molecule has 7 heteroatoms. The maximum atomic E-state index is 12.0. The van der Waals surface area contributed by atoms with E-state index in [4.69, 9.17) is 22.2 Å². The second-order valence-corrected chi connectivity index (χ2v) is 5.85. The van der Waals surface area contributed by atoms with Crippen molar-refractivity contribution >= 4 is 21.4 Å². The Morgan fingerprint density at radius 1 is 1.41 bits per heavy atom. The Morgan fingerprint density at radius 2 is 2.12 bits per heavy atom. The van der Waals surface area contributed by atoms with Gasteiger partial charge in [0, 0.05) is 5.02 Å². The summed E-state index contributed by atoms with van der Waals surface area (Å²) in [6, 6.07) is 4.47. The van der Waals surface area contributed by atoms with E-state index in [1.54, 1.807) is 6.07 Å². The molecule has 0 amide bonds. The van der Waals surface area contributed by atoms with Crippen LogP contribution in [0.1, 0.15) is 6.42 Å². The molecule has 96 valence electrons. The summed E-state index contributed by atoms with van der Waals surface area (Å²) in [7, 11) is -2.03. The molecular weight excluding hydrogens is 266 g/mol. The van der Waals surface area contributed by atoms with Crippen LogP contribution >= 0.6 is 11.6 Å². The minimum Gasteiger partial charge on any atom is -0.495 e. The summed E-state index contributed by atoms with van der Waals surface area (Å²) in [5.41, 5.74) is 0. The van der Waals surface area contributed by atoms with Gasteiger partial charge in [-0.1, -0.05) is 11.6 Å². The maximum absolute atomic E-state index is 12.0. The first kappa shape index (κ1) is 14.2. The normalized spacial score (nSPS) is 11.5. The zero-order valence-corrected chi connectivity index (χ0v) is 10.9. The van der Waals surface area contributed by atoms with Crippen molar-refractivity contribution in [3.05, 3.63) is 23.2 Å². The lowest BCUT2D eigenvalue weighted by Crippen LogP contribution is -2.12. The summed E-state index contributed by atoms with van der Waals surface area (Å²) in [5.74, 6) is 5.05. The number of sulfone groups is 1. The Bertz CT molecular complexity index is 475. The molecule has 1 aromatic carbocycles. The molecule has 0 aliphatic heterocycles. The fourth-order valence-electron chi connectivity index (χ4n) is 1.34. The van der Waals surface area contributed by atoms with Crippen LogP contribution in [-0.4, -0.2) is 27.9 Å². The van der Waals surface area contributed by atoms with Crippen molar-refractivity contribution in [2.24, 2.45) is 5.90 Å². The van der Waals surface area contributed by atoms with Gasteiger partial charge in [-0.15, -0.1) is 0 Å². The number of nitrogens with two attached hydrogens (primary N) is 1. The van der Waals surface area contributed by atoms with Crippen molar-refractivity contribution in [3.63, 3.8) is 0 Å². The summed E-state index contributed by atoms with van der Waals surface area (Å²) in [5, 5.41) is 0.347. The number of benzene rings is 1. The Kier molecular flexibility index (Phi) is 5.20. The van der Waals surface area contributed by atoms with Crippen LogP contribution in [0.5, 0.6) is 5.75 Å². The molecule has 0 aromatic heterocycles. The molecular formula is C10H14ClNO4S. The molecule has 0 saturated carbocycles. The second kappa shape index (κ2) is 6.20. The van der Waals surface area contributed by atoms with Crippen LogP contribution in [0.3, 0.4) is 0 Å². The predicted molar refractivity (Wildman–Crippen MR) is 64.8 cm³/mol. The van der Waals surface area contributed by atoms with Gasteiger partial charge in [-0.05, 0) is 24.6 Å². The van der Waals surface area contributed by atoms with Gasteiger partial charge in [-0.3, -0.25) is 0 Å². The minimum atomic E-state index is -3.44. The fraction of sp³-hybridized carbons (Fsp3) is 0.400. The van der Waals surface area contributed by atoms with E-state index >= 15 is 0 Å². The molecule has 0 unspecified atom stereocenters. The van der Waals surface area contributed by atoms with E-state index in [1.807, 2.05) is 0 Å². The average Bonchev–Trinajstić information content (AvgIpc) is 2.29. The molecule has 0 aliphatic carbocycles. The van der Waals surface area contributed by atoms with Crippen molar-refractivity contribution in [1.29, 1.82) is 0 Å². The van der Waals surface area contributed by atoms with Gasteiger partial charge in [0.05, 0.1) is 19.5 Å². The third-order valence-electron chi connectivity index (χ3n) is 2.14. The van der Waals surface area contributed by atoms with Gasteiger partial charge in [0.25, 0.3) is 0 Å². The number of halogens is 1. The zero-order valence-electron chi connectivity index (χ0n) is 9.35. The molecule has 0 heterocycles. The summed E-state index contributed by atoms with van der Waals surface area (Å²) < 4.78 is 29.0. The predicted octanol–water partition coefficient (Wildman–Crippen LogP) is 1.40. The van der Waals surface area contributed by atoms with Gasteiger partial charge in [-0.25, -0.2) is 14.3 Å². The van der Waals surface area contributed by atoms with Crippen molar-refractivity contribution in [3.8, 4) is 5.75 Å². The first-order valence-corrected chi connectivity index (χ1v) is 6.92. The van der Waals surface area contributed by atoms with Gasteiger partial charge in [0.2, 0.25) is 0 Å². The summed E-state index contributed by atoms with van der Waals surface area (Å²) in [6.45, 7) is 0.183. The largest absolute Gasteiger partial charge is 0.495 e. The molecule has 0 spiro atoms. The van der Waals surface area contributed by atoms with Gasteiger partial charge in [-0.2, -0.15) is 0 Å². The van der Waals surface area contributed by atoms with E-state index in [9.17, 15) is 8.42 Å². The van der Waals surface area contributed by atoms with Crippen LogP contribution in [-0.2, 0) is 14.7 Å². The first-order chi connectivity index (χ1) is 8.01. The molecule has 0 bridgehead atoms. The quantitative estimate of drug-likeness (QED) is 0.629. The Labute approximate surface area is 105 Å². The van der Waals surface area contributed by atoms with E-state index in [0.29, 0.717) is 11.4 Å². The van der Waals surface area contributed by atoms with Gasteiger partial charge in [0.1, 0.15) is 10.6 Å². The van der Waals surface area contributed by atoms with E-state index in [0.717, 1.165) is 0 Å². The van der Waals surface area contributed by atoms with Gasteiger partial charge < -0.3 is 9.57 Å². The number of rotatable bonds is 6. The lowest BCUT2D eigenvalue weighted by Gasteiger charge is -2.09. The highest BCUT2D eigenvalue weighted by molar-refractivity contribution is 7.91. The van der Waals surface area contributed by atoms with Crippen molar-refractivity contribution in [2.75, 3.05) is 19.5 Å². The first-order valence-electron chi connectivity index (χ1n) is 4.89. The molecule has 0 fully saturated rings. The average molecular weight is 280 g/mol. The Morgan fingerprint density at radius 3 is 2.71 bits per heavy atom. The minimum absolute atomic E-state index is 0.0685. The summed E-state index contributed by atoms with van der Waals surface area (Å²) in [4.78, 5) is 4.42. The summed E-state index contributed by atoms with van der Waals surface area (Å²) in [6.07, 6.45) is 0.314. The van der Waals surface area contributed by atoms with Crippen LogP contribution in [0.2, 0.25) is 5.02 Å². The molecule has 0 saturated heterocycles. The maximum Gasteiger partial charge on any atom is 0.182 e. The second-order valence-electron chi connectivity index (χ2n) is 3.34. The molecule has 5 nitrogen and oxygen atoms in total. The Hall–Kier alpha value is -0.820. The number of hydrogen-bond donors (Lipinski definition) is 1. The molecule has 1 aromatic rings. The van der Waals surface area contributed by atoms with Crippen LogP contribution in [0.15, 0.2) is 23.1 Å². The topological polar surface area (TPSA) is 78.6 Å².